The van der Waals surface area contributed by atoms with E-state index in [0.717, 1.165) is 0 Å². The van der Waals surface area contributed by atoms with Crippen LogP contribution in [0.3, 0.4) is 0 Å². The molecule has 0 aromatic carbocycles. The van der Waals surface area contributed by atoms with Gasteiger partial charge in [0.15, 0.2) is 0 Å². The lowest BCUT2D eigenvalue weighted by atomic mass is 10.0. The number of likely N-dealkylation sites (N-methyl/N-ethyl adjacent to an activating group) is 1. The monoisotopic (exact) mass is 297 g/mol. The van der Waals surface area contributed by atoms with E-state index in [0.29, 0.717) is 23.6 Å². The lowest BCUT2D eigenvalue weighted by Gasteiger charge is -2.19. The summed E-state index contributed by atoms with van der Waals surface area (Å²) in [4.78, 5) is 28.0. The molecule has 0 fully saturated rings. The average molecular weight is 298 g/mol. The van der Waals surface area contributed by atoms with Crippen molar-refractivity contribution in [1.29, 1.82) is 0 Å². The molecule has 1 heterocycles. The predicted molar refractivity (Wildman–Crippen MR) is 78.8 cm³/mol. The van der Waals surface area contributed by atoms with Crippen LogP contribution in [0, 0.1) is 12.8 Å². The zero-order valence-electron chi connectivity index (χ0n) is 12.2. The molecule has 110 valence electrons. The van der Waals surface area contributed by atoms with E-state index in [9.17, 15) is 9.59 Å². The fourth-order valence-corrected chi connectivity index (χ4v) is 2.13. The summed E-state index contributed by atoms with van der Waals surface area (Å²) in [6, 6.07) is 2.57. The molecule has 1 atom stereocenters. The maximum Gasteiger partial charge on any atom is 0.252 e. The van der Waals surface area contributed by atoms with E-state index in [-0.39, 0.29) is 17.0 Å². The number of carbonyl (C=O) groups is 2. The first-order valence-corrected chi connectivity index (χ1v) is 6.88. The Labute approximate surface area is 124 Å². The molecule has 0 saturated carbocycles. The summed E-state index contributed by atoms with van der Waals surface area (Å²) in [5.74, 6) is -0.240. The van der Waals surface area contributed by atoms with Crippen molar-refractivity contribution in [2.75, 3.05) is 7.05 Å². The molecule has 5 nitrogen and oxygen atoms in total. The maximum absolute atomic E-state index is 12.2. The van der Waals surface area contributed by atoms with Gasteiger partial charge in [0.05, 0.1) is 0 Å². The van der Waals surface area contributed by atoms with Gasteiger partial charge in [-0.1, -0.05) is 25.4 Å². The van der Waals surface area contributed by atoms with Gasteiger partial charge in [-0.05, 0) is 31.4 Å². The van der Waals surface area contributed by atoms with Gasteiger partial charge < -0.3 is 10.6 Å². The molecule has 0 saturated heterocycles. The van der Waals surface area contributed by atoms with Gasteiger partial charge in [0.2, 0.25) is 5.91 Å². The number of halogens is 1. The highest BCUT2D eigenvalue weighted by Crippen LogP contribution is 2.12. The topological polar surface area (TPSA) is 71.1 Å². The van der Waals surface area contributed by atoms with E-state index in [1.165, 1.54) is 6.07 Å². The number of carbonyl (C=O) groups excluding carboxylic acids is 2. The van der Waals surface area contributed by atoms with Crippen LogP contribution in [0.4, 0.5) is 0 Å². The van der Waals surface area contributed by atoms with Gasteiger partial charge in [0.25, 0.3) is 5.91 Å². The van der Waals surface area contributed by atoms with Gasteiger partial charge in [-0.3, -0.25) is 9.59 Å². The molecule has 2 amide bonds. The largest absolute Gasteiger partial charge is 0.357 e. The van der Waals surface area contributed by atoms with E-state index in [4.69, 9.17) is 11.6 Å². The average Bonchev–Trinajstić information content (AvgIpc) is 2.35. The minimum atomic E-state index is -0.556. The van der Waals surface area contributed by atoms with Gasteiger partial charge in [0, 0.05) is 18.3 Å². The van der Waals surface area contributed by atoms with Crippen LogP contribution in [0.1, 0.15) is 36.3 Å². The number of hydrogen-bond donors (Lipinski definition) is 2. The molecule has 0 aliphatic rings. The Morgan fingerprint density at radius 2 is 2.00 bits per heavy atom. The van der Waals surface area contributed by atoms with Gasteiger partial charge in [-0.2, -0.15) is 0 Å². The smallest absolute Gasteiger partial charge is 0.252 e. The first kappa shape index (κ1) is 16.4. The predicted octanol–water partition coefficient (Wildman–Crippen LogP) is 1.93. The second-order valence-electron chi connectivity index (χ2n) is 5.09. The van der Waals surface area contributed by atoms with E-state index in [1.54, 1.807) is 20.0 Å². The van der Waals surface area contributed by atoms with Crippen LogP contribution in [0.2, 0.25) is 5.15 Å². The normalized spacial score (nSPS) is 12.1. The highest BCUT2D eigenvalue weighted by Gasteiger charge is 2.21. The van der Waals surface area contributed by atoms with E-state index in [1.807, 2.05) is 13.8 Å². The third-order valence-electron chi connectivity index (χ3n) is 2.76. The first-order valence-electron chi connectivity index (χ1n) is 6.50. The molecule has 6 heteroatoms. The number of hydrogen-bond acceptors (Lipinski definition) is 3. The molecular weight excluding hydrogens is 278 g/mol. The minimum absolute atomic E-state index is 0.205. The van der Waals surface area contributed by atoms with Crippen molar-refractivity contribution in [1.82, 2.24) is 15.6 Å². The van der Waals surface area contributed by atoms with Gasteiger partial charge >= 0.3 is 0 Å². The molecule has 0 spiro atoms. The molecule has 0 bridgehead atoms. The highest BCUT2D eigenvalue weighted by atomic mass is 35.5. The zero-order chi connectivity index (χ0) is 15.3. The Balaban J connectivity index is 2.87. The summed E-state index contributed by atoms with van der Waals surface area (Å²) in [7, 11) is 1.55. The minimum Gasteiger partial charge on any atom is -0.357 e. The fourth-order valence-electron chi connectivity index (χ4n) is 1.88. The van der Waals surface area contributed by atoms with E-state index in [2.05, 4.69) is 15.6 Å². The van der Waals surface area contributed by atoms with Crippen LogP contribution in [0.25, 0.3) is 0 Å². The quantitative estimate of drug-likeness (QED) is 0.816. The van der Waals surface area contributed by atoms with E-state index < -0.39 is 6.04 Å². The molecule has 2 N–H and O–H groups in total. The number of pyridine rings is 1. The number of nitrogens with zero attached hydrogens (tertiary/aromatic N) is 1. The standard InChI is InChI=1S/C14H20ClN3O2/c1-8(2)5-11(14(20)16-4)18-13(19)10-6-9(3)17-12(15)7-10/h6-8,11H,5H2,1-4H3,(H,16,20)(H,18,19). The lowest BCUT2D eigenvalue weighted by molar-refractivity contribution is -0.122. The van der Waals surface area contributed by atoms with Crippen molar-refractivity contribution >= 4 is 23.4 Å². The fraction of sp³-hybridized carbons (Fsp3) is 0.500. The summed E-state index contributed by atoms with van der Waals surface area (Å²) in [6.45, 7) is 5.75. The molecule has 1 aromatic heterocycles. The Bertz CT molecular complexity index is 483. The van der Waals surface area contributed by atoms with Crippen molar-refractivity contribution in [2.45, 2.75) is 33.2 Å². The van der Waals surface area contributed by atoms with Crippen LogP contribution in [0.15, 0.2) is 12.1 Å². The molecular formula is C14H20ClN3O2. The van der Waals surface area contributed by atoms with Crippen molar-refractivity contribution in [3.05, 3.63) is 28.5 Å². The molecule has 0 aliphatic carbocycles. The van der Waals surface area contributed by atoms with Crippen LogP contribution in [-0.2, 0) is 4.79 Å². The van der Waals surface area contributed by atoms with Crippen molar-refractivity contribution < 1.29 is 9.59 Å². The van der Waals surface area contributed by atoms with Crippen LogP contribution < -0.4 is 10.6 Å². The van der Waals surface area contributed by atoms with Crippen molar-refractivity contribution in [3.63, 3.8) is 0 Å². The number of nitrogens with one attached hydrogen (secondary N) is 2. The number of aryl methyl sites for hydroxylation is 1. The Morgan fingerprint density at radius 1 is 1.35 bits per heavy atom. The number of amides is 2. The van der Waals surface area contributed by atoms with Crippen LogP contribution in [-0.4, -0.2) is 29.9 Å². The second-order valence-corrected chi connectivity index (χ2v) is 5.48. The molecule has 1 aromatic rings. The number of aromatic nitrogens is 1. The molecule has 0 aliphatic heterocycles. The summed E-state index contributed by atoms with van der Waals surface area (Å²) in [5.41, 5.74) is 1.06. The SMILES string of the molecule is CNC(=O)C(CC(C)C)NC(=O)c1cc(C)nc(Cl)c1. The summed E-state index contributed by atoms with van der Waals surface area (Å²) in [6.07, 6.45) is 0.573. The van der Waals surface area contributed by atoms with E-state index >= 15 is 0 Å². The van der Waals surface area contributed by atoms with Gasteiger partial charge in [-0.15, -0.1) is 0 Å². The molecule has 1 rings (SSSR count). The summed E-state index contributed by atoms with van der Waals surface area (Å²) < 4.78 is 0. The highest BCUT2D eigenvalue weighted by molar-refractivity contribution is 6.29. The van der Waals surface area contributed by atoms with Crippen LogP contribution in [0.5, 0.6) is 0 Å². The third-order valence-corrected chi connectivity index (χ3v) is 2.95. The molecule has 20 heavy (non-hydrogen) atoms. The number of rotatable bonds is 5. The Kier molecular flexibility index (Phi) is 5.95. The second kappa shape index (κ2) is 7.24. The van der Waals surface area contributed by atoms with Crippen molar-refractivity contribution in [2.24, 2.45) is 5.92 Å². The molecule has 1 unspecified atom stereocenters. The van der Waals surface area contributed by atoms with Gasteiger partial charge in [-0.25, -0.2) is 4.98 Å². The van der Waals surface area contributed by atoms with Gasteiger partial charge in [0.1, 0.15) is 11.2 Å². The Hall–Kier alpha value is -1.62. The van der Waals surface area contributed by atoms with Crippen molar-refractivity contribution in [3.8, 4) is 0 Å². The first-order chi connectivity index (χ1) is 9.33. The summed E-state index contributed by atoms with van der Waals surface area (Å²) >= 11 is 5.83. The van der Waals surface area contributed by atoms with Crippen LogP contribution >= 0.6 is 11.6 Å². The lowest BCUT2D eigenvalue weighted by Crippen LogP contribution is -2.46. The molecule has 0 radical (unpaired) electrons. The Morgan fingerprint density at radius 3 is 2.50 bits per heavy atom. The summed E-state index contributed by atoms with van der Waals surface area (Å²) in [5, 5.41) is 5.55. The maximum atomic E-state index is 12.2. The third kappa shape index (κ3) is 4.81. The zero-order valence-corrected chi connectivity index (χ0v) is 12.9.